The molecular weight excluding hydrogens is 404 g/mol. The number of rotatable bonds is 5. The number of hydrogen-bond acceptors (Lipinski definition) is 1. The molecule has 0 fully saturated rings. The summed E-state index contributed by atoms with van der Waals surface area (Å²) in [4.78, 5) is 0. The van der Waals surface area contributed by atoms with Gasteiger partial charge in [-0.15, -0.1) is 0 Å². The van der Waals surface area contributed by atoms with Gasteiger partial charge in [-0.1, -0.05) is 38.8 Å². The molecule has 21 heavy (non-hydrogen) atoms. The Labute approximate surface area is 140 Å². The maximum atomic E-state index is 13.3. The standard InChI is InChI=1S/C16H15Br2F2N/c1-2-21-16(14-8-11(17)3-4-15(14)18)7-10-5-12(19)9-13(20)6-10/h3-6,8-9,16,21H,2,7H2,1H3. The van der Waals surface area contributed by atoms with Gasteiger partial charge in [0.05, 0.1) is 0 Å². The molecule has 2 aromatic carbocycles. The molecule has 0 radical (unpaired) electrons. The second kappa shape index (κ2) is 7.47. The molecule has 0 aliphatic heterocycles. The zero-order valence-electron chi connectivity index (χ0n) is 11.5. The van der Waals surface area contributed by atoms with Crippen molar-refractivity contribution in [3.05, 3.63) is 68.1 Å². The zero-order valence-corrected chi connectivity index (χ0v) is 14.6. The smallest absolute Gasteiger partial charge is 0.126 e. The molecule has 0 aliphatic rings. The number of benzene rings is 2. The highest BCUT2D eigenvalue weighted by Gasteiger charge is 2.15. The topological polar surface area (TPSA) is 12.0 Å². The summed E-state index contributed by atoms with van der Waals surface area (Å²) in [7, 11) is 0. The molecule has 1 unspecified atom stereocenters. The summed E-state index contributed by atoms with van der Waals surface area (Å²) in [6.07, 6.45) is 0.511. The molecule has 0 saturated carbocycles. The van der Waals surface area contributed by atoms with Crippen LogP contribution in [0.2, 0.25) is 0 Å². The van der Waals surface area contributed by atoms with Crippen molar-refractivity contribution in [1.29, 1.82) is 0 Å². The van der Waals surface area contributed by atoms with Gasteiger partial charge in [0.1, 0.15) is 11.6 Å². The third-order valence-corrected chi connectivity index (χ3v) is 4.36. The molecule has 0 amide bonds. The van der Waals surface area contributed by atoms with Crippen LogP contribution in [0.25, 0.3) is 0 Å². The van der Waals surface area contributed by atoms with E-state index in [2.05, 4.69) is 37.2 Å². The van der Waals surface area contributed by atoms with Crippen molar-refractivity contribution < 1.29 is 8.78 Å². The molecule has 0 aromatic heterocycles. The minimum Gasteiger partial charge on any atom is -0.310 e. The average Bonchev–Trinajstić information content (AvgIpc) is 2.40. The van der Waals surface area contributed by atoms with E-state index in [-0.39, 0.29) is 6.04 Å². The second-order valence-electron chi connectivity index (χ2n) is 4.76. The summed E-state index contributed by atoms with van der Waals surface area (Å²) in [6, 6.07) is 9.52. The lowest BCUT2D eigenvalue weighted by atomic mass is 9.98. The van der Waals surface area contributed by atoms with Gasteiger partial charge in [0.25, 0.3) is 0 Å². The Bertz CT molecular complexity index is 611. The first-order chi connectivity index (χ1) is 9.99. The monoisotopic (exact) mass is 417 g/mol. The predicted octanol–water partition coefficient (Wildman–Crippen LogP) is 5.38. The minimum atomic E-state index is -0.548. The Morgan fingerprint density at radius 1 is 1.05 bits per heavy atom. The van der Waals surface area contributed by atoms with E-state index in [4.69, 9.17) is 0 Å². The molecule has 1 N–H and O–H groups in total. The van der Waals surface area contributed by atoms with Gasteiger partial charge in [0.15, 0.2) is 0 Å². The highest BCUT2D eigenvalue weighted by molar-refractivity contribution is 9.11. The number of nitrogens with one attached hydrogen (secondary N) is 1. The molecule has 1 nitrogen and oxygen atoms in total. The van der Waals surface area contributed by atoms with E-state index >= 15 is 0 Å². The first-order valence-corrected chi connectivity index (χ1v) is 8.21. The van der Waals surface area contributed by atoms with Crippen LogP contribution in [0.15, 0.2) is 45.3 Å². The largest absolute Gasteiger partial charge is 0.310 e. The second-order valence-corrected chi connectivity index (χ2v) is 6.53. The Balaban J connectivity index is 2.32. The van der Waals surface area contributed by atoms with E-state index in [0.29, 0.717) is 12.0 Å². The van der Waals surface area contributed by atoms with Crippen molar-refractivity contribution in [2.24, 2.45) is 0 Å². The molecular formula is C16H15Br2F2N. The van der Waals surface area contributed by atoms with Gasteiger partial charge in [-0.05, 0) is 54.4 Å². The Kier molecular flexibility index (Phi) is 5.90. The molecule has 112 valence electrons. The lowest BCUT2D eigenvalue weighted by molar-refractivity contribution is 0.537. The molecule has 0 spiro atoms. The van der Waals surface area contributed by atoms with Crippen molar-refractivity contribution in [1.82, 2.24) is 5.32 Å². The first kappa shape index (κ1) is 16.6. The van der Waals surface area contributed by atoms with Gasteiger partial charge < -0.3 is 5.32 Å². The zero-order chi connectivity index (χ0) is 15.4. The molecule has 0 bridgehead atoms. The summed E-state index contributed by atoms with van der Waals surface area (Å²) in [6.45, 7) is 2.77. The molecule has 0 aliphatic carbocycles. The molecule has 0 saturated heterocycles. The van der Waals surface area contributed by atoms with Gasteiger partial charge >= 0.3 is 0 Å². The molecule has 2 aromatic rings. The van der Waals surface area contributed by atoms with Crippen molar-refractivity contribution >= 4 is 31.9 Å². The Morgan fingerprint density at radius 3 is 2.33 bits per heavy atom. The predicted molar refractivity (Wildman–Crippen MR) is 88.3 cm³/mol. The minimum absolute atomic E-state index is 0.0249. The van der Waals surface area contributed by atoms with Crippen molar-refractivity contribution in [2.45, 2.75) is 19.4 Å². The third-order valence-electron chi connectivity index (χ3n) is 3.15. The maximum Gasteiger partial charge on any atom is 0.126 e. The van der Waals surface area contributed by atoms with Crippen LogP contribution in [-0.4, -0.2) is 6.54 Å². The van der Waals surface area contributed by atoms with Crippen molar-refractivity contribution in [2.75, 3.05) is 6.54 Å². The van der Waals surface area contributed by atoms with Crippen LogP contribution in [0.4, 0.5) is 8.78 Å². The van der Waals surface area contributed by atoms with Gasteiger partial charge in [-0.3, -0.25) is 0 Å². The van der Waals surface area contributed by atoms with Crippen molar-refractivity contribution in [3.8, 4) is 0 Å². The molecule has 0 heterocycles. The number of likely N-dealkylation sites (N-methyl/N-ethyl adjacent to an activating group) is 1. The van der Waals surface area contributed by atoms with Crippen LogP contribution >= 0.6 is 31.9 Å². The summed E-state index contributed by atoms with van der Waals surface area (Å²) in [5.74, 6) is -1.10. The lowest BCUT2D eigenvalue weighted by Crippen LogP contribution is -2.23. The quantitative estimate of drug-likeness (QED) is 0.686. The van der Waals surface area contributed by atoms with Crippen LogP contribution < -0.4 is 5.32 Å². The number of hydrogen-bond donors (Lipinski definition) is 1. The Hall–Kier alpha value is -0.780. The fraction of sp³-hybridized carbons (Fsp3) is 0.250. The fourth-order valence-electron chi connectivity index (χ4n) is 2.28. The SMILES string of the molecule is CCNC(Cc1cc(F)cc(F)c1)c1cc(Br)ccc1Br. The summed E-state index contributed by atoms with van der Waals surface area (Å²) < 4.78 is 28.6. The first-order valence-electron chi connectivity index (χ1n) is 6.63. The third kappa shape index (κ3) is 4.59. The normalized spacial score (nSPS) is 12.4. The Morgan fingerprint density at radius 2 is 1.71 bits per heavy atom. The average molecular weight is 419 g/mol. The van der Waals surface area contributed by atoms with Gasteiger partial charge in [0.2, 0.25) is 0 Å². The van der Waals surface area contributed by atoms with Crippen LogP contribution in [0.5, 0.6) is 0 Å². The summed E-state index contributed by atoms with van der Waals surface area (Å²) in [5.41, 5.74) is 1.68. The summed E-state index contributed by atoms with van der Waals surface area (Å²) in [5, 5.41) is 3.36. The lowest BCUT2D eigenvalue weighted by Gasteiger charge is -2.20. The van der Waals surface area contributed by atoms with Crippen molar-refractivity contribution in [3.63, 3.8) is 0 Å². The van der Waals surface area contributed by atoms with E-state index in [9.17, 15) is 8.78 Å². The van der Waals surface area contributed by atoms with Gasteiger partial charge in [-0.2, -0.15) is 0 Å². The molecule has 1 atom stereocenters. The van der Waals surface area contributed by atoms with Crippen LogP contribution in [0.1, 0.15) is 24.1 Å². The van der Waals surface area contributed by atoms with Crippen LogP contribution in [-0.2, 0) is 6.42 Å². The number of halogens is 4. The van der Waals surface area contributed by atoms with Crippen LogP contribution in [0.3, 0.4) is 0 Å². The van der Waals surface area contributed by atoms with E-state index in [1.54, 1.807) is 0 Å². The highest BCUT2D eigenvalue weighted by atomic mass is 79.9. The van der Waals surface area contributed by atoms with Gasteiger partial charge in [0, 0.05) is 21.1 Å². The van der Waals surface area contributed by atoms with Crippen LogP contribution in [0, 0.1) is 11.6 Å². The van der Waals surface area contributed by atoms with E-state index in [1.165, 1.54) is 12.1 Å². The summed E-state index contributed by atoms with van der Waals surface area (Å²) >= 11 is 6.99. The molecule has 5 heteroatoms. The van der Waals surface area contributed by atoms with E-state index in [0.717, 1.165) is 27.1 Å². The molecule has 2 rings (SSSR count). The van der Waals surface area contributed by atoms with Gasteiger partial charge in [-0.25, -0.2) is 8.78 Å². The highest BCUT2D eigenvalue weighted by Crippen LogP contribution is 2.29. The fourth-order valence-corrected chi connectivity index (χ4v) is 3.19. The van der Waals surface area contributed by atoms with E-state index in [1.807, 2.05) is 25.1 Å². The van der Waals surface area contributed by atoms with E-state index < -0.39 is 11.6 Å². The maximum absolute atomic E-state index is 13.3.